The molecule has 0 radical (unpaired) electrons. The van der Waals surface area contributed by atoms with Crippen LogP contribution in [-0.2, 0) is 11.3 Å². The van der Waals surface area contributed by atoms with Crippen LogP contribution in [0.1, 0.15) is 46.2 Å². The molecule has 2 aliphatic rings. The number of carbonyl (C=O) groups is 1. The summed E-state index contributed by atoms with van der Waals surface area (Å²) in [4.78, 5) is 42.3. The van der Waals surface area contributed by atoms with E-state index in [2.05, 4.69) is 25.0 Å². The zero-order valence-corrected chi connectivity index (χ0v) is 21.2. The minimum absolute atomic E-state index is 0.0224. The largest absolute Gasteiger partial charge is 0.381 e. The molecule has 3 aromatic heterocycles. The van der Waals surface area contributed by atoms with Crippen LogP contribution in [0.5, 0.6) is 0 Å². The number of hydrogen-bond donors (Lipinski definition) is 1. The maximum Gasteiger partial charge on any atom is 0.259 e. The SMILES string of the molecule is Cc1ncc(CN2CCN(C(=O)c3cc4c(cc3C)[nH]c(=O)c3cnn(C5CCOCC5)c34)CC2)cn1. The zero-order chi connectivity index (χ0) is 25.5. The minimum Gasteiger partial charge on any atom is -0.381 e. The number of aryl methyl sites for hydroxylation is 2. The molecule has 37 heavy (non-hydrogen) atoms. The predicted molar refractivity (Wildman–Crippen MR) is 140 cm³/mol. The summed E-state index contributed by atoms with van der Waals surface area (Å²) in [5, 5.41) is 6.00. The van der Waals surface area contributed by atoms with E-state index in [1.165, 1.54) is 0 Å². The molecule has 0 bridgehead atoms. The number of rotatable bonds is 4. The molecule has 1 N–H and O–H groups in total. The van der Waals surface area contributed by atoms with Crippen LogP contribution in [0, 0.1) is 13.8 Å². The summed E-state index contributed by atoms with van der Waals surface area (Å²) >= 11 is 0. The Hall–Kier alpha value is -3.63. The second-order valence-electron chi connectivity index (χ2n) is 10.1. The average molecular weight is 502 g/mol. The van der Waals surface area contributed by atoms with Crippen molar-refractivity contribution in [3.63, 3.8) is 0 Å². The van der Waals surface area contributed by atoms with Gasteiger partial charge in [-0.1, -0.05) is 0 Å². The molecule has 5 heterocycles. The molecule has 1 amide bonds. The second kappa shape index (κ2) is 9.68. The molecular weight excluding hydrogens is 470 g/mol. The van der Waals surface area contributed by atoms with Crippen LogP contribution in [-0.4, -0.2) is 79.8 Å². The predicted octanol–water partition coefficient (Wildman–Crippen LogP) is 2.59. The van der Waals surface area contributed by atoms with E-state index in [-0.39, 0.29) is 17.5 Å². The highest BCUT2D eigenvalue weighted by Gasteiger charge is 2.26. The van der Waals surface area contributed by atoms with E-state index >= 15 is 0 Å². The van der Waals surface area contributed by atoms with E-state index in [1.807, 2.05) is 48.0 Å². The molecule has 0 aliphatic carbocycles. The molecule has 0 atom stereocenters. The number of nitrogens with zero attached hydrogens (tertiary/aromatic N) is 6. The lowest BCUT2D eigenvalue weighted by Gasteiger charge is -2.35. The van der Waals surface area contributed by atoms with Gasteiger partial charge in [-0.15, -0.1) is 0 Å². The number of fused-ring (bicyclic) bond motifs is 3. The van der Waals surface area contributed by atoms with Gasteiger partial charge in [-0.2, -0.15) is 5.10 Å². The average Bonchev–Trinajstić information content (AvgIpc) is 3.37. The second-order valence-corrected chi connectivity index (χ2v) is 10.1. The summed E-state index contributed by atoms with van der Waals surface area (Å²) in [6, 6.07) is 4.03. The molecule has 2 fully saturated rings. The zero-order valence-electron chi connectivity index (χ0n) is 21.2. The minimum atomic E-state index is -0.158. The number of aromatic amines is 1. The smallest absolute Gasteiger partial charge is 0.259 e. The fourth-order valence-corrected chi connectivity index (χ4v) is 5.47. The lowest BCUT2D eigenvalue weighted by molar-refractivity contribution is 0.0627. The first-order chi connectivity index (χ1) is 18.0. The Morgan fingerprint density at radius 1 is 1.03 bits per heavy atom. The van der Waals surface area contributed by atoms with Crippen molar-refractivity contribution < 1.29 is 9.53 Å². The van der Waals surface area contributed by atoms with E-state index in [4.69, 9.17) is 4.74 Å². The van der Waals surface area contributed by atoms with Gasteiger partial charge in [0, 0.05) is 74.8 Å². The van der Waals surface area contributed by atoms with Crippen molar-refractivity contribution in [2.24, 2.45) is 0 Å². The first kappa shape index (κ1) is 23.7. The highest BCUT2D eigenvalue weighted by molar-refractivity contribution is 6.07. The van der Waals surface area contributed by atoms with Crippen molar-refractivity contribution >= 4 is 27.7 Å². The molecule has 2 saturated heterocycles. The highest BCUT2D eigenvalue weighted by atomic mass is 16.5. The van der Waals surface area contributed by atoms with Crippen molar-refractivity contribution in [1.29, 1.82) is 0 Å². The van der Waals surface area contributed by atoms with E-state index in [0.29, 0.717) is 37.3 Å². The first-order valence-corrected chi connectivity index (χ1v) is 12.9. The van der Waals surface area contributed by atoms with Crippen molar-refractivity contribution in [2.45, 2.75) is 39.3 Å². The number of carbonyl (C=O) groups excluding carboxylic acids is 1. The van der Waals surface area contributed by atoms with Gasteiger partial charge < -0.3 is 14.6 Å². The summed E-state index contributed by atoms with van der Waals surface area (Å²) < 4.78 is 7.50. The maximum absolute atomic E-state index is 13.7. The quantitative estimate of drug-likeness (QED) is 0.458. The summed E-state index contributed by atoms with van der Waals surface area (Å²) in [5.41, 5.74) is 3.96. The highest BCUT2D eigenvalue weighted by Crippen LogP contribution is 2.30. The molecule has 10 heteroatoms. The summed E-state index contributed by atoms with van der Waals surface area (Å²) in [6.45, 7) is 8.84. The van der Waals surface area contributed by atoms with E-state index in [1.54, 1.807) is 6.20 Å². The van der Waals surface area contributed by atoms with Gasteiger partial charge in [-0.25, -0.2) is 9.97 Å². The van der Waals surface area contributed by atoms with Crippen LogP contribution < -0.4 is 5.56 Å². The van der Waals surface area contributed by atoms with Crippen molar-refractivity contribution in [3.05, 3.63) is 63.6 Å². The lowest BCUT2D eigenvalue weighted by Crippen LogP contribution is -2.48. The van der Waals surface area contributed by atoms with E-state index in [0.717, 1.165) is 65.8 Å². The number of ether oxygens (including phenoxy) is 1. The third-order valence-corrected chi connectivity index (χ3v) is 7.58. The number of hydrogen-bond acceptors (Lipinski definition) is 7. The normalized spacial score (nSPS) is 17.6. The molecule has 192 valence electrons. The van der Waals surface area contributed by atoms with E-state index in [9.17, 15) is 9.59 Å². The van der Waals surface area contributed by atoms with Crippen molar-refractivity contribution in [2.75, 3.05) is 39.4 Å². The summed E-state index contributed by atoms with van der Waals surface area (Å²) in [6.07, 6.45) is 7.08. The Bertz CT molecular complexity index is 1510. The van der Waals surface area contributed by atoms with Gasteiger partial charge in [-0.05, 0) is 44.4 Å². The maximum atomic E-state index is 13.7. The molecule has 4 aromatic rings. The van der Waals surface area contributed by atoms with Gasteiger partial charge in [0.25, 0.3) is 11.5 Å². The monoisotopic (exact) mass is 501 g/mol. The molecule has 10 nitrogen and oxygen atoms in total. The molecule has 0 unspecified atom stereocenters. The number of benzene rings is 1. The molecule has 6 rings (SSSR count). The Labute approximate surface area is 214 Å². The Balaban J connectivity index is 1.28. The van der Waals surface area contributed by atoms with Crippen LogP contribution in [0.3, 0.4) is 0 Å². The topological polar surface area (TPSA) is 109 Å². The van der Waals surface area contributed by atoms with Crippen molar-refractivity contribution in [1.82, 2.24) is 34.5 Å². The lowest BCUT2D eigenvalue weighted by atomic mass is 10.0. The molecule has 2 aliphatic heterocycles. The van der Waals surface area contributed by atoms with Crippen LogP contribution in [0.2, 0.25) is 0 Å². The van der Waals surface area contributed by atoms with Crippen LogP contribution in [0.15, 0.2) is 35.5 Å². The number of H-pyrrole nitrogens is 1. The van der Waals surface area contributed by atoms with Crippen LogP contribution >= 0.6 is 0 Å². The Kier molecular flexibility index (Phi) is 6.21. The van der Waals surface area contributed by atoms with Gasteiger partial charge in [0.2, 0.25) is 0 Å². The number of nitrogens with one attached hydrogen (secondary N) is 1. The third-order valence-electron chi connectivity index (χ3n) is 7.58. The number of pyridine rings is 1. The van der Waals surface area contributed by atoms with Gasteiger partial charge >= 0.3 is 0 Å². The van der Waals surface area contributed by atoms with E-state index < -0.39 is 0 Å². The third kappa shape index (κ3) is 4.51. The van der Waals surface area contributed by atoms with Crippen LogP contribution in [0.25, 0.3) is 21.8 Å². The molecule has 0 spiro atoms. The van der Waals surface area contributed by atoms with Crippen LogP contribution in [0.4, 0.5) is 0 Å². The van der Waals surface area contributed by atoms with Crippen molar-refractivity contribution in [3.8, 4) is 0 Å². The number of amides is 1. The summed E-state index contributed by atoms with van der Waals surface area (Å²) in [7, 11) is 0. The Morgan fingerprint density at radius 2 is 1.76 bits per heavy atom. The van der Waals surface area contributed by atoms with Gasteiger partial charge in [0.15, 0.2) is 0 Å². The standard InChI is InChI=1S/C27H31N7O3/c1-17-11-24-22(25-23(26(35)31-24)15-30-34(25)20-3-9-37-10-4-20)12-21(17)27(36)33-7-5-32(6-8-33)16-19-13-28-18(2)29-14-19/h11-15,20H,3-10,16H2,1-2H3,(H,31,35). The fourth-order valence-electron chi connectivity index (χ4n) is 5.47. The van der Waals surface area contributed by atoms with Gasteiger partial charge in [0.1, 0.15) is 5.82 Å². The number of aromatic nitrogens is 5. The van der Waals surface area contributed by atoms with Gasteiger partial charge in [0.05, 0.1) is 28.7 Å². The molecular formula is C27H31N7O3. The first-order valence-electron chi connectivity index (χ1n) is 12.9. The molecule has 1 aromatic carbocycles. The van der Waals surface area contributed by atoms with Gasteiger partial charge in [-0.3, -0.25) is 19.2 Å². The number of piperazine rings is 1. The molecule has 0 saturated carbocycles. The fraction of sp³-hybridized carbons (Fsp3) is 0.444. The Morgan fingerprint density at radius 3 is 2.49 bits per heavy atom. The summed E-state index contributed by atoms with van der Waals surface area (Å²) in [5.74, 6) is 0.788.